The zero-order valence-electron chi connectivity index (χ0n) is 11.0. The minimum absolute atomic E-state index is 0.0815. The molecule has 1 heterocycles. The standard InChI is InChI=1S/C14H21NO3/c1-3-12-9(2)8-13(18-12)14(17)15-11(6-7-16)10-4-5-10/h8,10-11,16H,3-7H2,1-2H3,(H,15,17). The smallest absolute Gasteiger partial charge is 0.287 e. The number of hydrogen-bond donors (Lipinski definition) is 2. The summed E-state index contributed by atoms with van der Waals surface area (Å²) in [6, 6.07) is 1.87. The Morgan fingerprint density at radius 3 is 2.83 bits per heavy atom. The Kier molecular flexibility index (Phi) is 4.07. The van der Waals surface area contributed by atoms with Crippen molar-refractivity contribution in [2.24, 2.45) is 5.92 Å². The molecule has 1 fully saturated rings. The molecule has 0 saturated heterocycles. The number of aliphatic hydroxyl groups is 1. The molecule has 1 aliphatic rings. The predicted molar refractivity (Wildman–Crippen MR) is 68.5 cm³/mol. The highest BCUT2D eigenvalue weighted by Crippen LogP contribution is 2.34. The third kappa shape index (κ3) is 2.93. The van der Waals surface area contributed by atoms with Crippen LogP contribution in [0.25, 0.3) is 0 Å². The molecular weight excluding hydrogens is 230 g/mol. The van der Waals surface area contributed by atoms with Crippen LogP contribution in [0.4, 0.5) is 0 Å². The van der Waals surface area contributed by atoms with Gasteiger partial charge in [-0.15, -0.1) is 0 Å². The van der Waals surface area contributed by atoms with E-state index in [9.17, 15) is 4.79 Å². The van der Waals surface area contributed by atoms with Gasteiger partial charge in [0.25, 0.3) is 5.91 Å². The Balaban J connectivity index is 2.01. The van der Waals surface area contributed by atoms with Crippen LogP contribution in [0.2, 0.25) is 0 Å². The van der Waals surface area contributed by atoms with Crippen LogP contribution in [0.5, 0.6) is 0 Å². The topological polar surface area (TPSA) is 62.5 Å². The van der Waals surface area contributed by atoms with Gasteiger partial charge in [-0.25, -0.2) is 0 Å². The number of nitrogens with one attached hydrogen (secondary N) is 1. The maximum atomic E-state index is 12.1. The molecule has 2 rings (SSSR count). The highest BCUT2D eigenvalue weighted by molar-refractivity contribution is 5.92. The van der Waals surface area contributed by atoms with Gasteiger partial charge in [0.2, 0.25) is 0 Å². The van der Waals surface area contributed by atoms with E-state index < -0.39 is 0 Å². The van der Waals surface area contributed by atoms with Gasteiger partial charge >= 0.3 is 0 Å². The highest BCUT2D eigenvalue weighted by Gasteiger charge is 2.32. The van der Waals surface area contributed by atoms with Gasteiger partial charge in [-0.1, -0.05) is 6.92 Å². The maximum Gasteiger partial charge on any atom is 0.287 e. The Bertz CT molecular complexity index is 421. The second-order valence-corrected chi connectivity index (χ2v) is 5.00. The zero-order valence-corrected chi connectivity index (χ0v) is 11.0. The number of aliphatic hydroxyl groups excluding tert-OH is 1. The van der Waals surface area contributed by atoms with Crippen LogP contribution in [-0.2, 0) is 6.42 Å². The molecule has 1 aromatic heterocycles. The average molecular weight is 251 g/mol. The van der Waals surface area contributed by atoms with E-state index in [2.05, 4.69) is 5.32 Å². The van der Waals surface area contributed by atoms with E-state index in [1.807, 2.05) is 13.8 Å². The number of carbonyl (C=O) groups excluding carboxylic acids is 1. The third-order valence-corrected chi connectivity index (χ3v) is 3.51. The van der Waals surface area contributed by atoms with Crippen molar-refractivity contribution >= 4 is 5.91 Å². The molecule has 0 aliphatic heterocycles. The quantitative estimate of drug-likeness (QED) is 0.813. The van der Waals surface area contributed by atoms with Gasteiger partial charge in [0, 0.05) is 19.1 Å². The molecule has 1 amide bonds. The molecule has 18 heavy (non-hydrogen) atoms. The lowest BCUT2D eigenvalue weighted by Crippen LogP contribution is -2.36. The van der Waals surface area contributed by atoms with Crippen molar-refractivity contribution < 1.29 is 14.3 Å². The van der Waals surface area contributed by atoms with Gasteiger partial charge in [-0.3, -0.25) is 4.79 Å². The molecular formula is C14H21NO3. The van der Waals surface area contributed by atoms with Gasteiger partial charge in [-0.05, 0) is 43.7 Å². The molecule has 0 aromatic carbocycles. The van der Waals surface area contributed by atoms with E-state index in [1.165, 1.54) is 0 Å². The number of carbonyl (C=O) groups is 1. The van der Waals surface area contributed by atoms with Crippen LogP contribution in [-0.4, -0.2) is 23.7 Å². The first kappa shape index (κ1) is 13.1. The molecule has 0 bridgehead atoms. The summed E-state index contributed by atoms with van der Waals surface area (Å²) in [6.45, 7) is 4.07. The van der Waals surface area contributed by atoms with Gasteiger partial charge in [-0.2, -0.15) is 0 Å². The zero-order chi connectivity index (χ0) is 13.1. The maximum absolute atomic E-state index is 12.1. The van der Waals surface area contributed by atoms with Gasteiger partial charge in [0.05, 0.1) is 0 Å². The van der Waals surface area contributed by atoms with E-state index in [0.717, 1.165) is 30.6 Å². The summed E-state index contributed by atoms with van der Waals surface area (Å²) < 4.78 is 5.53. The van der Waals surface area contributed by atoms with Crippen LogP contribution >= 0.6 is 0 Å². The lowest BCUT2D eigenvalue weighted by Gasteiger charge is -2.15. The fourth-order valence-corrected chi connectivity index (χ4v) is 2.29. The first-order chi connectivity index (χ1) is 8.65. The van der Waals surface area contributed by atoms with Crippen LogP contribution in [0.3, 0.4) is 0 Å². The number of furan rings is 1. The first-order valence-corrected chi connectivity index (χ1v) is 6.66. The summed E-state index contributed by atoms with van der Waals surface area (Å²) in [6.07, 6.45) is 3.70. The van der Waals surface area contributed by atoms with Crippen LogP contribution in [0.1, 0.15) is 48.1 Å². The molecule has 4 heteroatoms. The van der Waals surface area contributed by atoms with E-state index in [-0.39, 0.29) is 18.6 Å². The molecule has 0 radical (unpaired) electrons. The third-order valence-electron chi connectivity index (χ3n) is 3.51. The highest BCUT2D eigenvalue weighted by atomic mass is 16.4. The minimum atomic E-state index is -0.164. The number of amides is 1. The van der Waals surface area contributed by atoms with Crippen molar-refractivity contribution in [2.75, 3.05) is 6.61 Å². The van der Waals surface area contributed by atoms with Crippen molar-refractivity contribution in [1.82, 2.24) is 5.32 Å². The van der Waals surface area contributed by atoms with E-state index in [1.54, 1.807) is 6.07 Å². The summed E-state index contributed by atoms with van der Waals surface area (Å²) >= 11 is 0. The summed E-state index contributed by atoms with van der Waals surface area (Å²) in [7, 11) is 0. The summed E-state index contributed by atoms with van der Waals surface area (Å²) in [5, 5.41) is 12.0. The molecule has 100 valence electrons. The summed E-state index contributed by atoms with van der Waals surface area (Å²) in [5.41, 5.74) is 1.02. The number of hydrogen-bond acceptors (Lipinski definition) is 3. The molecule has 1 aromatic rings. The summed E-state index contributed by atoms with van der Waals surface area (Å²) in [5.74, 6) is 1.61. The van der Waals surface area contributed by atoms with Crippen molar-refractivity contribution in [3.63, 3.8) is 0 Å². The second-order valence-electron chi connectivity index (χ2n) is 5.00. The second kappa shape index (κ2) is 5.57. The molecule has 1 unspecified atom stereocenters. The normalized spacial score (nSPS) is 16.6. The Morgan fingerprint density at radius 1 is 1.61 bits per heavy atom. The van der Waals surface area contributed by atoms with Crippen LogP contribution in [0.15, 0.2) is 10.5 Å². The Hall–Kier alpha value is -1.29. The van der Waals surface area contributed by atoms with E-state index in [4.69, 9.17) is 9.52 Å². The number of aryl methyl sites for hydroxylation is 2. The van der Waals surface area contributed by atoms with E-state index in [0.29, 0.717) is 18.1 Å². The monoisotopic (exact) mass is 251 g/mol. The van der Waals surface area contributed by atoms with Gasteiger partial charge in [0.15, 0.2) is 5.76 Å². The van der Waals surface area contributed by atoms with Crippen molar-refractivity contribution in [1.29, 1.82) is 0 Å². The number of rotatable bonds is 6. The molecule has 1 saturated carbocycles. The molecule has 2 N–H and O–H groups in total. The molecule has 0 spiro atoms. The first-order valence-electron chi connectivity index (χ1n) is 6.66. The van der Waals surface area contributed by atoms with Crippen molar-refractivity contribution in [3.8, 4) is 0 Å². The van der Waals surface area contributed by atoms with Crippen LogP contribution < -0.4 is 5.32 Å². The molecule has 1 aliphatic carbocycles. The fourth-order valence-electron chi connectivity index (χ4n) is 2.29. The van der Waals surface area contributed by atoms with Crippen LogP contribution in [0, 0.1) is 12.8 Å². The Morgan fingerprint density at radius 2 is 2.33 bits per heavy atom. The molecule has 4 nitrogen and oxygen atoms in total. The van der Waals surface area contributed by atoms with Gasteiger partial charge < -0.3 is 14.8 Å². The average Bonchev–Trinajstić information content (AvgIpc) is 3.12. The van der Waals surface area contributed by atoms with Crippen molar-refractivity contribution in [2.45, 2.75) is 45.6 Å². The lowest BCUT2D eigenvalue weighted by molar-refractivity contribution is 0.0894. The Labute approximate surface area is 107 Å². The lowest BCUT2D eigenvalue weighted by atomic mass is 10.1. The largest absolute Gasteiger partial charge is 0.456 e. The molecule has 1 atom stereocenters. The fraction of sp³-hybridized carbons (Fsp3) is 0.643. The SMILES string of the molecule is CCc1oc(C(=O)NC(CCO)C2CC2)cc1C. The predicted octanol–water partition coefficient (Wildman–Crippen LogP) is 2.04. The van der Waals surface area contributed by atoms with Gasteiger partial charge in [0.1, 0.15) is 5.76 Å². The summed E-state index contributed by atoms with van der Waals surface area (Å²) in [4.78, 5) is 12.1. The minimum Gasteiger partial charge on any atom is -0.456 e. The van der Waals surface area contributed by atoms with Crippen molar-refractivity contribution in [3.05, 3.63) is 23.2 Å². The van der Waals surface area contributed by atoms with E-state index >= 15 is 0 Å².